The van der Waals surface area contributed by atoms with Crippen molar-refractivity contribution in [3.05, 3.63) is 89.7 Å². The van der Waals surface area contributed by atoms with E-state index in [1.807, 2.05) is 44.2 Å². The normalized spacial score (nSPS) is 13.7. The summed E-state index contributed by atoms with van der Waals surface area (Å²) < 4.78 is 51.1. The molecule has 2 atom stereocenters. The minimum absolute atomic E-state index is 0.0142. The first-order valence-electron chi connectivity index (χ1n) is 14.3. The van der Waals surface area contributed by atoms with E-state index in [2.05, 4.69) is 5.32 Å². The fourth-order valence-corrected chi connectivity index (χ4v) is 5.78. The highest BCUT2D eigenvalue weighted by Crippen LogP contribution is 2.36. The Hall–Kier alpha value is -4.12. The van der Waals surface area contributed by atoms with E-state index in [1.54, 1.807) is 30.3 Å². The van der Waals surface area contributed by atoms with Crippen LogP contribution < -0.4 is 19.1 Å². The largest absolute Gasteiger partial charge is 0.454 e. The molecule has 1 heterocycles. The highest BCUT2D eigenvalue weighted by atomic mass is 32.2. The number of nitrogens with one attached hydrogen (secondary N) is 1. The van der Waals surface area contributed by atoms with Gasteiger partial charge < -0.3 is 19.7 Å². The summed E-state index contributed by atoms with van der Waals surface area (Å²) in [4.78, 5) is 29.0. The number of rotatable bonds is 14. The summed E-state index contributed by atoms with van der Waals surface area (Å²) in [6, 6.07) is 19.2. The summed E-state index contributed by atoms with van der Waals surface area (Å²) in [7, 11) is -3.68. The monoisotopic (exact) mass is 611 g/mol. The minimum atomic E-state index is -3.68. The zero-order valence-corrected chi connectivity index (χ0v) is 25.5. The molecule has 0 aromatic heterocycles. The summed E-state index contributed by atoms with van der Waals surface area (Å²) in [6.07, 6.45) is 2.29. The first-order chi connectivity index (χ1) is 20.5. The lowest BCUT2D eigenvalue weighted by Crippen LogP contribution is -2.52. The van der Waals surface area contributed by atoms with Gasteiger partial charge >= 0.3 is 0 Å². The van der Waals surface area contributed by atoms with Crippen molar-refractivity contribution < 1.29 is 31.9 Å². The Morgan fingerprint density at radius 2 is 1.67 bits per heavy atom. The summed E-state index contributed by atoms with van der Waals surface area (Å²) in [5.74, 6) is -0.0236. The van der Waals surface area contributed by atoms with Gasteiger partial charge in [0.15, 0.2) is 11.5 Å². The molecule has 3 aromatic rings. The van der Waals surface area contributed by atoms with E-state index in [1.165, 1.54) is 21.3 Å². The van der Waals surface area contributed by atoms with Gasteiger partial charge in [0.1, 0.15) is 11.9 Å². The van der Waals surface area contributed by atoms with Gasteiger partial charge in [-0.1, -0.05) is 49.4 Å². The molecule has 0 saturated heterocycles. The molecule has 230 valence electrons. The molecule has 4 rings (SSSR count). The standard InChI is InChI=1S/C32H38FN3O6S/c1-4-23(2)34-32(38)28(19-24-9-6-5-7-10-24)35(21-25-12-14-26(33)15-13-25)31(37)11-8-18-36(43(3,39)40)27-16-17-29-30(20-27)42-22-41-29/h5-7,9-10,12-17,20,23,28H,4,8,11,18-19,21-22H2,1-3H3,(H,34,38)/t23-,28-/m0/s1. The third-order valence-corrected chi connectivity index (χ3v) is 8.53. The third kappa shape index (κ3) is 8.70. The molecule has 0 bridgehead atoms. The number of amides is 2. The second kappa shape index (κ2) is 14.4. The maximum Gasteiger partial charge on any atom is 0.243 e. The number of fused-ring (bicyclic) bond motifs is 1. The number of anilines is 1. The van der Waals surface area contributed by atoms with E-state index in [9.17, 15) is 22.4 Å². The molecule has 1 N–H and O–H groups in total. The van der Waals surface area contributed by atoms with Crippen molar-refractivity contribution in [1.82, 2.24) is 10.2 Å². The van der Waals surface area contributed by atoms with Crippen LogP contribution in [0.3, 0.4) is 0 Å². The summed E-state index contributed by atoms with van der Waals surface area (Å²) in [5, 5.41) is 3.01. The smallest absolute Gasteiger partial charge is 0.243 e. The van der Waals surface area contributed by atoms with Crippen LogP contribution in [0, 0.1) is 5.82 Å². The number of ether oxygens (including phenoxy) is 2. The molecule has 0 aliphatic carbocycles. The van der Waals surface area contributed by atoms with Gasteiger partial charge in [0, 0.05) is 38.0 Å². The highest BCUT2D eigenvalue weighted by molar-refractivity contribution is 7.92. The Morgan fingerprint density at radius 1 is 0.977 bits per heavy atom. The fourth-order valence-electron chi connectivity index (χ4n) is 4.83. The molecule has 1 aliphatic rings. The number of benzene rings is 3. The Balaban J connectivity index is 1.58. The average molecular weight is 612 g/mol. The second-order valence-electron chi connectivity index (χ2n) is 10.6. The molecule has 0 spiro atoms. The number of hydrogen-bond donors (Lipinski definition) is 1. The summed E-state index contributed by atoms with van der Waals surface area (Å²) in [6.45, 7) is 4.05. The van der Waals surface area contributed by atoms with Crippen molar-refractivity contribution in [2.75, 3.05) is 23.9 Å². The van der Waals surface area contributed by atoms with E-state index >= 15 is 0 Å². The van der Waals surface area contributed by atoms with Crippen LogP contribution >= 0.6 is 0 Å². The van der Waals surface area contributed by atoms with Gasteiger partial charge in [0.05, 0.1) is 11.9 Å². The first kappa shape index (κ1) is 31.8. The van der Waals surface area contributed by atoms with Crippen molar-refractivity contribution in [3.8, 4) is 11.5 Å². The maximum absolute atomic E-state index is 13.9. The Kier molecular flexibility index (Phi) is 10.6. The van der Waals surface area contributed by atoms with Gasteiger partial charge in [0.25, 0.3) is 0 Å². The second-order valence-corrected chi connectivity index (χ2v) is 12.6. The Bertz CT molecular complexity index is 1500. The van der Waals surface area contributed by atoms with Gasteiger partial charge in [-0.3, -0.25) is 13.9 Å². The molecule has 2 amide bonds. The molecule has 1 aliphatic heterocycles. The molecule has 3 aromatic carbocycles. The molecule has 0 radical (unpaired) electrons. The van der Waals surface area contributed by atoms with Crippen molar-refractivity contribution in [2.45, 2.75) is 58.2 Å². The number of halogens is 1. The fraction of sp³-hybridized carbons (Fsp3) is 0.375. The van der Waals surface area contributed by atoms with Gasteiger partial charge in [0.2, 0.25) is 28.6 Å². The van der Waals surface area contributed by atoms with E-state index in [4.69, 9.17) is 9.47 Å². The summed E-state index contributed by atoms with van der Waals surface area (Å²) in [5.41, 5.74) is 1.95. The molecule has 0 unspecified atom stereocenters. The number of carbonyl (C=O) groups excluding carboxylic acids is 2. The molecule has 43 heavy (non-hydrogen) atoms. The number of sulfonamides is 1. The molecular formula is C32H38FN3O6S. The van der Waals surface area contributed by atoms with Crippen molar-refractivity contribution in [3.63, 3.8) is 0 Å². The van der Waals surface area contributed by atoms with Crippen LogP contribution in [0.15, 0.2) is 72.8 Å². The zero-order valence-electron chi connectivity index (χ0n) is 24.7. The quantitative estimate of drug-likeness (QED) is 0.285. The van der Waals surface area contributed by atoms with Crippen molar-refractivity contribution in [1.29, 1.82) is 0 Å². The van der Waals surface area contributed by atoms with Crippen molar-refractivity contribution in [2.24, 2.45) is 0 Å². The Morgan fingerprint density at radius 3 is 2.35 bits per heavy atom. The van der Waals surface area contributed by atoms with Crippen LogP contribution in [0.2, 0.25) is 0 Å². The minimum Gasteiger partial charge on any atom is -0.454 e. The number of carbonyl (C=O) groups is 2. The predicted molar refractivity (Wildman–Crippen MR) is 163 cm³/mol. The SMILES string of the molecule is CC[C@H](C)NC(=O)[C@H](Cc1ccccc1)N(Cc1ccc(F)cc1)C(=O)CCCN(c1ccc2c(c1)OCO2)S(C)(=O)=O. The average Bonchev–Trinajstić information content (AvgIpc) is 3.46. The predicted octanol–water partition coefficient (Wildman–Crippen LogP) is 4.66. The lowest BCUT2D eigenvalue weighted by molar-refractivity contribution is -0.141. The van der Waals surface area contributed by atoms with Crippen LogP contribution in [-0.2, 0) is 32.6 Å². The van der Waals surface area contributed by atoms with Crippen LogP contribution in [0.4, 0.5) is 10.1 Å². The van der Waals surface area contributed by atoms with E-state index in [-0.39, 0.29) is 57.0 Å². The molecule has 11 heteroatoms. The topological polar surface area (TPSA) is 105 Å². The van der Waals surface area contributed by atoms with E-state index < -0.39 is 21.9 Å². The Labute approximate surface area is 252 Å². The van der Waals surface area contributed by atoms with Crippen LogP contribution in [0.1, 0.15) is 44.2 Å². The number of nitrogens with zero attached hydrogens (tertiary/aromatic N) is 2. The zero-order chi connectivity index (χ0) is 31.0. The van der Waals surface area contributed by atoms with Crippen LogP contribution in [0.25, 0.3) is 0 Å². The van der Waals surface area contributed by atoms with Gasteiger partial charge in [-0.2, -0.15) is 0 Å². The molecule has 0 fully saturated rings. The lowest BCUT2D eigenvalue weighted by Gasteiger charge is -2.32. The highest BCUT2D eigenvalue weighted by Gasteiger charge is 2.31. The lowest BCUT2D eigenvalue weighted by atomic mass is 10.0. The van der Waals surface area contributed by atoms with Crippen LogP contribution in [-0.4, -0.2) is 56.8 Å². The van der Waals surface area contributed by atoms with Gasteiger partial charge in [-0.25, -0.2) is 12.8 Å². The third-order valence-electron chi connectivity index (χ3n) is 7.33. The van der Waals surface area contributed by atoms with Crippen molar-refractivity contribution >= 4 is 27.5 Å². The van der Waals surface area contributed by atoms with Crippen LogP contribution in [0.5, 0.6) is 11.5 Å². The van der Waals surface area contributed by atoms with E-state index in [0.717, 1.165) is 18.2 Å². The molecule has 9 nitrogen and oxygen atoms in total. The van der Waals surface area contributed by atoms with E-state index in [0.29, 0.717) is 22.7 Å². The van der Waals surface area contributed by atoms with Gasteiger partial charge in [-0.15, -0.1) is 0 Å². The molecule has 0 saturated carbocycles. The van der Waals surface area contributed by atoms with Gasteiger partial charge in [-0.05, 0) is 55.2 Å². The summed E-state index contributed by atoms with van der Waals surface area (Å²) >= 11 is 0. The first-order valence-corrected chi connectivity index (χ1v) is 16.2. The molecular weight excluding hydrogens is 573 g/mol. The maximum atomic E-state index is 13.9. The number of hydrogen-bond acceptors (Lipinski definition) is 6.